The van der Waals surface area contributed by atoms with Crippen LogP contribution in [0, 0.1) is 0 Å². The van der Waals surface area contributed by atoms with Crippen molar-refractivity contribution in [1.29, 1.82) is 0 Å². The molecular formula is C50H39B2NO5. The SMILES string of the molecule is CC(C)(C)c1cc2c3c(c1)Oc1cccc4c1B3c1cc3c(cc1O2)Oc1cc(C(C)(C)C)cc2c1B3c1c(cc(N(c3ccccc3)c3ccccc3)cc1O4)O2. The van der Waals surface area contributed by atoms with Crippen LogP contribution in [0.25, 0.3) is 0 Å². The fourth-order valence-electron chi connectivity index (χ4n) is 9.46. The summed E-state index contributed by atoms with van der Waals surface area (Å²) in [5.41, 5.74) is 11.0. The molecule has 0 saturated carbocycles. The van der Waals surface area contributed by atoms with E-state index in [4.69, 9.17) is 23.7 Å². The van der Waals surface area contributed by atoms with Crippen LogP contribution in [0.5, 0.6) is 57.5 Å². The molecule has 0 aromatic heterocycles. The van der Waals surface area contributed by atoms with E-state index in [0.29, 0.717) is 5.75 Å². The van der Waals surface area contributed by atoms with Gasteiger partial charge in [-0.1, -0.05) is 90.1 Å². The molecular weight excluding hydrogens is 716 g/mol. The Morgan fingerprint density at radius 1 is 0.345 bits per heavy atom. The molecule has 0 spiro atoms. The van der Waals surface area contributed by atoms with E-state index in [-0.39, 0.29) is 24.3 Å². The van der Waals surface area contributed by atoms with Crippen LogP contribution in [0.3, 0.4) is 0 Å². The van der Waals surface area contributed by atoms with Crippen LogP contribution in [0.1, 0.15) is 52.7 Å². The van der Waals surface area contributed by atoms with Crippen molar-refractivity contribution >= 4 is 63.3 Å². The third-order valence-electron chi connectivity index (χ3n) is 12.4. The van der Waals surface area contributed by atoms with Crippen molar-refractivity contribution < 1.29 is 23.7 Å². The second-order valence-corrected chi connectivity index (χ2v) is 18.1. The molecule has 0 N–H and O–H groups in total. The zero-order chi connectivity index (χ0) is 39.2. The summed E-state index contributed by atoms with van der Waals surface area (Å²) in [5, 5.41) is 0. The molecule has 12 rings (SSSR count). The normalized spacial score (nSPS) is 14.3. The summed E-state index contributed by atoms with van der Waals surface area (Å²) >= 11 is 0. The third-order valence-corrected chi connectivity index (χ3v) is 12.4. The van der Waals surface area contributed by atoms with Crippen molar-refractivity contribution in [3.05, 3.63) is 139 Å². The third kappa shape index (κ3) is 4.81. The van der Waals surface area contributed by atoms with Gasteiger partial charge in [0.05, 0.1) is 5.69 Å². The van der Waals surface area contributed by atoms with Gasteiger partial charge in [0, 0.05) is 51.4 Å². The van der Waals surface area contributed by atoms with Gasteiger partial charge in [-0.2, -0.15) is 0 Å². The van der Waals surface area contributed by atoms with Gasteiger partial charge >= 0.3 is 0 Å². The van der Waals surface area contributed by atoms with E-state index >= 15 is 0 Å². The lowest BCUT2D eigenvalue weighted by Crippen LogP contribution is -2.62. The fraction of sp³-hybridized carbons (Fsp3) is 0.160. The molecule has 8 heteroatoms. The summed E-state index contributed by atoms with van der Waals surface area (Å²) in [6.45, 7) is 12.9. The molecule has 0 radical (unpaired) electrons. The first-order valence-corrected chi connectivity index (χ1v) is 20.1. The van der Waals surface area contributed by atoms with Gasteiger partial charge in [0.2, 0.25) is 0 Å². The first-order valence-electron chi connectivity index (χ1n) is 20.1. The average Bonchev–Trinajstić information content (AvgIpc) is 3.20. The fourth-order valence-corrected chi connectivity index (χ4v) is 9.46. The molecule has 0 aliphatic carbocycles. The minimum atomic E-state index is -0.239. The highest BCUT2D eigenvalue weighted by Crippen LogP contribution is 2.47. The second kappa shape index (κ2) is 11.5. The number of nitrogens with zero attached hydrogens (tertiary/aromatic N) is 1. The maximum Gasteiger partial charge on any atom is 0.265 e. The largest absolute Gasteiger partial charge is 0.458 e. The van der Waals surface area contributed by atoms with E-state index in [2.05, 4.69) is 156 Å². The number of anilines is 3. The molecule has 2 bridgehead atoms. The Morgan fingerprint density at radius 3 is 1.12 bits per heavy atom. The molecule has 5 heterocycles. The molecule has 0 atom stereocenters. The van der Waals surface area contributed by atoms with Crippen molar-refractivity contribution in [2.75, 3.05) is 4.90 Å². The molecule has 0 fully saturated rings. The van der Waals surface area contributed by atoms with Gasteiger partial charge < -0.3 is 28.6 Å². The summed E-state index contributed by atoms with van der Waals surface area (Å²) in [7, 11) is 0. The van der Waals surface area contributed by atoms with E-state index in [1.165, 1.54) is 0 Å². The molecule has 58 heavy (non-hydrogen) atoms. The van der Waals surface area contributed by atoms with Crippen molar-refractivity contribution in [2.24, 2.45) is 0 Å². The molecule has 0 amide bonds. The Balaban J connectivity index is 1.17. The summed E-state index contributed by atoms with van der Waals surface area (Å²) in [5.74, 6) is 7.67. The minimum Gasteiger partial charge on any atom is -0.458 e. The van der Waals surface area contributed by atoms with Crippen LogP contribution in [0.4, 0.5) is 17.1 Å². The van der Waals surface area contributed by atoms with E-state index in [0.717, 1.165) is 113 Å². The van der Waals surface area contributed by atoms with E-state index in [9.17, 15) is 0 Å². The zero-order valence-corrected chi connectivity index (χ0v) is 33.3. The zero-order valence-electron chi connectivity index (χ0n) is 33.3. The van der Waals surface area contributed by atoms with E-state index in [1.807, 2.05) is 18.2 Å². The van der Waals surface area contributed by atoms with Gasteiger partial charge in [0.1, 0.15) is 57.5 Å². The summed E-state index contributed by atoms with van der Waals surface area (Å²) in [6, 6.07) is 44.6. The molecule has 280 valence electrons. The minimum absolute atomic E-state index is 0.124. The van der Waals surface area contributed by atoms with Gasteiger partial charge in [0.15, 0.2) is 0 Å². The summed E-state index contributed by atoms with van der Waals surface area (Å²) < 4.78 is 35.3. The van der Waals surface area contributed by atoms with Crippen molar-refractivity contribution in [1.82, 2.24) is 0 Å². The number of para-hydroxylation sites is 2. The molecule has 7 aromatic carbocycles. The highest BCUT2D eigenvalue weighted by atomic mass is 16.5. The molecule has 0 saturated heterocycles. The monoisotopic (exact) mass is 755 g/mol. The summed E-state index contributed by atoms with van der Waals surface area (Å²) in [6.07, 6.45) is 0. The Labute approximate surface area is 339 Å². The number of hydrogen-bond donors (Lipinski definition) is 0. The smallest absolute Gasteiger partial charge is 0.265 e. The Kier molecular flexibility index (Phi) is 6.68. The maximum atomic E-state index is 7.40. The number of rotatable bonds is 3. The lowest BCUT2D eigenvalue weighted by molar-refractivity contribution is 0.439. The Morgan fingerprint density at radius 2 is 0.707 bits per heavy atom. The van der Waals surface area contributed by atoms with Gasteiger partial charge in [-0.15, -0.1) is 0 Å². The van der Waals surface area contributed by atoms with E-state index < -0.39 is 0 Å². The second-order valence-electron chi connectivity index (χ2n) is 18.1. The van der Waals surface area contributed by atoms with Gasteiger partial charge in [-0.05, 0) is 93.5 Å². The first kappa shape index (κ1) is 33.6. The molecule has 7 aromatic rings. The lowest BCUT2D eigenvalue weighted by atomic mass is 9.31. The van der Waals surface area contributed by atoms with Gasteiger partial charge in [-0.3, -0.25) is 0 Å². The predicted octanol–water partition coefficient (Wildman–Crippen LogP) is 9.31. The van der Waals surface area contributed by atoms with E-state index in [1.54, 1.807) is 0 Å². The Bertz CT molecular complexity index is 2880. The molecule has 5 aliphatic rings. The predicted molar refractivity (Wildman–Crippen MR) is 234 cm³/mol. The van der Waals surface area contributed by atoms with Crippen molar-refractivity contribution in [3.63, 3.8) is 0 Å². The van der Waals surface area contributed by atoms with Crippen molar-refractivity contribution in [3.8, 4) is 57.5 Å². The topological polar surface area (TPSA) is 49.4 Å². The molecule has 6 nitrogen and oxygen atoms in total. The van der Waals surface area contributed by atoms with Crippen LogP contribution >= 0.6 is 0 Å². The lowest BCUT2D eigenvalue weighted by Gasteiger charge is -2.39. The van der Waals surface area contributed by atoms with Crippen LogP contribution in [0.15, 0.2) is 127 Å². The Hall–Kier alpha value is -6.53. The number of hydrogen-bond acceptors (Lipinski definition) is 6. The standard InChI is InChI=1S/C50H39B2NO5/c1-49(2,3)28-20-39-46-40(21-28)56-37-27-38-34-26-33(37)51(46)45-35(54-39)18-13-19-36(45)55-43-24-32(53(30-14-9-7-10-15-30)31-16-11-8-12-17-31)25-44-48(43)52(34)47-41(57-38)22-29(50(4,5)6)23-42(47)58-44/h7-27H,1-6H3. The van der Waals surface area contributed by atoms with Crippen LogP contribution in [0.2, 0.25) is 0 Å². The van der Waals surface area contributed by atoms with Crippen molar-refractivity contribution in [2.45, 2.75) is 52.4 Å². The number of ether oxygens (including phenoxy) is 5. The van der Waals surface area contributed by atoms with Crippen LogP contribution in [-0.4, -0.2) is 13.4 Å². The highest BCUT2D eigenvalue weighted by molar-refractivity contribution is 7.01. The van der Waals surface area contributed by atoms with Crippen LogP contribution < -0.4 is 61.4 Å². The van der Waals surface area contributed by atoms with Gasteiger partial charge in [-0.25, -0.2) is 0 Å². The molecule has 0 unspecified atom stereocenters. The first-order chi connectivity index (χ1) is 28.0. The van der Waals surface area contributed by atoms with Gasteiger partial charge in [0.25, 0.3) is 13.4 Å². The maximum absolute atomic E-state index is 7.40. The molecule has 5 aliphatic heterocycles. The highest BCUT2D eigenvalue weighted by Gasteiger charge is 2.49. The quantitative estimate of drug-likeness (QED) is 0.168. The summed E-state index contributed by atoms with van der Waals surface area (Å²) in [4.78, 5) is 2.26. The average molecular weight is 755 g/mol. The van der Waals surface area contributed by atoms with Crippen LogP contribution in [-0.2, 0) is 10.8 Å². The number of benzene rings is 7.